The summed E-state index contributed by atoms with van der Waals surface area (Å²) in [6, 6.07) is 3.80. The van der Waals surface area contributed by atoms with Crippen molar-refractivity contribution < 1.29 is 18.0 Å². The Hall–Kier alpha value is -1.03. The van der Waals surface area contributed by atoms with Crippen LogP contribution in [0, 0.1) is 11.7 Å². The Morgan fingerprint density at radius 1 is 1.28 bits per heavy atom. The van der Waals surface area contributed by atoms with Crippen LogP contribution in [0.2, 0.25) is 5.02 Å². The second kappa shape index (κ2) is 4.92. The molecule has 2 rings (SSSR count). The van der Waals surface area contributed by atoms with Gasteiger partial charge in [-0.05, 0) is 31.0 Å². The summed E-state index contributed by atoms with van der Waals surface area (Å²) in [5.41, 5.74) is -0.0605. The minimum atomic E-state index is -2.69. The Kier molecular flexibility index (Phi) is 3.66. The smallest absolute Gasteiger partial charge is 0.248 e. The van der Waals surface area contributed by atoms with Crippen molar-refractivity contribution in [2.75, 3.05) is 0 Å². The Balaban J connectivity index is 2.13. The van der Waals surface area contributed by atoms with Crippen molar-refractivity contribution in [3.05, 3.63) is 34.6 Å². The second-order valence-electron chi connectivity index (χ2n) is 4.62. The van der Waals surface area contributed by atoms with Crippen molar-refractivity contribution in [1.29, 1.82) is 0 Å². The first kappa shape index (κ1) is 13.4. The first-order valence-corrected chi connectivity index (χ1v) is 6.14. The largest absolute Gasteiger partial charge is 0.294 e. The molecule has 1 aliphatic carbocycles. The van der Waals surface area contributed by atoms with Gasteiger partial charge in [0.25, 0.3) is 0 Å². The molecule has 1 saturated carbocycles. The first-order chi connectivity index (χ1) is 8.39. The first-order valence-electron chi connectivity index (χ1n) is 5.76. The van der Waals surface area contributed by atoms with E-state index in [0.29, 0.717) is 0 Å². The quantitative estimate of drug-likeness (QED) is 0.728. The summed E-state index contributed by atoms with van der Waals surface area (Å²) >= 11 is 5.59. The van der Waals surface area contributed by atoms with Crippen molar-refractivity contribution >= 4 is 17.4 Å². The van der Waals surface area contributed by atoms with Gasteiger partial charge in [0.2, 0.25) is 5.92 Å². The highest BCUT2D eigenvalue weighted by molar-refractivity contribution is 6.30. The van der Waals surface area contributed by atoms with E-state index in [0.717, 1.165) is 6.07 Å². The van der Waals surface area contributed by atoms with E-state index in [9.17, 15) is 18.0 Å². The molecule has 0 radical (unpaired) electrons. The van der Waals surface area contributed by atoms with Crippen molar-refractivity contribution in [2.24, 2.45) is 5.92 Å². The lowest BCUT2D eigenvalue weighted by Gasteiger charge is -2.27. The van der Waals surface area contributed by atoms with Crippen LogP contribution in [0.15, 0.2) is 18.2 Å². The van der Waals surface area contributed by atoms with E-state index >= 15 is 0 Å². The van der Waals surface area contributed by atoms with Gasteiger partial charge in [-0.1, -0.05) is 11.6 Å². The maximum atomic E-state index is 13.6. The SMILES string of the molecule is O=C(c1ccc(Cl)cc1F)C1CCC(F)(F)CC1. The van der Waals surface area contributed by atoms with Crippen molar-refractivity contribution in [3.8, 4) is 0 Å². The van der Waals surface area contributed by atoms with E-state index in [-0.39, 0.29) is 36.3 Å². The van der Waals surface area contributed by atoms with E-state index in [1.54, 1.807) is 0 Å². The van der Waals surface area contributed by atoms with Gasteiger partial charge < -0.3 is 0 Å². The number of carbonyl (C=O) groups is 1. The Bertz CT molecular complexity index is 463. The summed E-state index contributed by atoms with van der Waals surface area (Å²) < 4.78 is 39.5. The molecule has 0 unspecified atom stereocenters. The summed E-state index contributed by atoms with van der Waals surface area (Å²) in [6.45, 7) is 0. The van der Waals surface area contributed by atoms with Crippen LogP contribution in [-0.2, 0) is 0 Å². The molecule has 1 fully saturated rings. The third kappa shape index (κ3) is 2.86. The van der Waals surface area contributed by atoms with Crippen molar-refractivity contribution in [3.63, 3.8) is 0 Å². The number of alkyl halides is 2. The van der Waals surface area contributed by atoms with E-state index in [4.69, 9.17) is 11.6 Å². The van der Waals surface area contributed by atoms with Crippen LogP contribution in [0.4, 0.5) is 13.2 Å². The van der Waals surface area contributed by atoms with Gasteiger partial charge in [-0.25, -0.2) is 13.2 Å². The van der Waals surface area contributed by atoms with Crippen molar-refractivity contribution in [2.45, 2.75) is 31.6 Å². The normalized spacial score (nSPS) is 19.8. The summed E-state index contributed by atoms with van der Waals surface area (Å²) in [6.07, 6.45) is -0.404. The molecule has 98 valence electrons. The molecule has 5 heteroatoms. The molecule has 0 spiro atoms. The van der Waals surface area contributed by atoms with E-state index in [1.165, 1.54) is 12.1 Å². The van der Waals surface area contributed by atoms with Crippen molar-refractivity contribution in [1.82, 2.24) is 0 Å². The molecule has 0 heterocycles. The zero-order valence-corrected chi connectivity index (χ0v) is 10.3. The number of rotatable bonds is 2. The molecule has 0 N–H and O–H groups in total. The average molecular weight is 277 g/mol. The highest BCUT2D eigenvalue weighted by Gasteiger charge is 2.37. The van der Waals surface area contributed by atoms with E-state index < -0.39 is 23.4 Å². The fourth-order valence-electron chi connectivity index (χ4n) is 2.21. The fraction of sp³-hybridized carbons (Fsp3) is 0.462. The van der Waals surface area contributed by atoms with Gasteiger partial charge in [0.15, 0.2) is 5.78 Å². The fourth-order valence-corrected chi connectivity index (χ4v) is 2.37. The molecule has 1 aromatic rings. The monoisotopic (exact) mass is 276 g/mol. The van der Waals surface area contributed by atoms with Gasteiger partial charge in [-0.3, -0.25) is 4.79 Å². The predicted molar refractivity (Wildman–Crippen MR) is 62.6 cm³/mol. The number of hydrogen-bond acceptors (Lipinski definition) is 1. The van der Waals surface area contributed by atoms with Crippen LogP contribution < -0.4 is 0 Å². The summed E-state index contributed by atoms with van der Waals surface area (Å²) in [5, 5.41) is 0.208. The molecule has 1 nitrogen and oxygen atoms in total. The van der Waals surface area contributed by atoms with Gasteiger partial charge in [-0.15, -0.1) is 0 Å². The minimum Gasteiger partial charge on any atom is -0.294 e. The minimum absolute atomic E-state index is 0.0605. The number of halogens is 4. The summed E-state index contributed by atoms with van der Waals surface area (Å²) in [7, 11) is 0. The molecule has 0 aromatic heterocycles. The van der Waals surface area contributed by atoms with Crippen LogP contribution in [0.5, 0.6) is 0 Å². The standard InChI is InChI=1S/C13H12ClF3O/c14-9-1-2-10(11(15)7-9)12(18)8-3-5-13(16,17)6-4-8/h1-2,7-8H,3-6H2. The highest BCUT2D eigenvalue weighted by atomic mass is 35.5. The van der Waals surface area contributed by atoms with Gasteiger partial charge >= 0.3 is 0 Å². The molecule has 1 aliphatic rings. The van der Waals surface area contributed by atoms with Crippen LogP contribution in [0.25, 0.3) is 0 Å². The maximum absolute atomic E-state index is 13.6. The van der Waals surface area contributed by atoms with Crippen LogP contribution >= 0.6 is 11.6 Å². The summed E-state index contributed by atoms with van der Waals surface area (Å²) in [5.74, 6) is -4.29. The lowest BCUT2D eigenvalue weighted by atomic mass is 9.82. The molecule has 1 aromatic carbocycles. The van der Waals surface area contributed by atoms with Crippen LogP contribution in [0.1, 0.15) is 36.0 Å². The van der Waals surface area contributed by atoms with Gasteiger partial charge in [0, 0.05) is 23.8 Å². The molecule has 18 heavy (non-hydrogen) atoms. The molecular formula is C13H12ClF3O. The molecule has 0 saturated heterocycles. The van der Waals surface area contributed by atoms with Crippen LogP contribution in [-0.4, -0.2) is 11.7 Å². The molecule has 0 amide bonds. The Morgan fingerprint density at radius 3 is 2.44 bits per heavy atom. The molecule has 0 bridgehead atoms. The number of Topliss-reactive ketones (excluding diaryl/α,β-unsaturated/α-hetero) is 1. The maximum Gasteiger partial charge on any atom is 0.248 e. The molecule has 0 atom stereocenters. The Morgan fingerprint density at radius 2 is 1.89 bits per heavy atom. The molecular weight excluding hydrogens is 265 g/mol. The predicted octanol–water partition coefficient (Wildman–Crippen LogP) is 4.49. The molecule has 0 aliphatic heterocycles. The number of benzene rings is 1. The van der Waals surface area contributed by atoms with E-state index in [2.05, 4.69) is 0 Å². The average Bonchev–Trinajstić information content (AvgIpc) is 2.28. The summed E-state index contributed by atoms with van der Waals surface area (Å²) in [4.78, 5) is 12.0. The van der Waals surface area contributed by atoms with Gasteiger partial charge in [-0.2, -0.15) is 0 Å². The van der Waals surface area contributed by atoms with Gasteiger partial charge in [0.05, 0.1) is 5.56 Å². The zero-order chi connectivity index (χ0) is 13.3. The topological polar surface area (TPSA) is 17.1 Å². The number of ketones is 1. The highest BCUT2D eigenvalue weighted by Crippen LogP contribution is 2.37. The third-order valence-corrected chi connectivity index (χ3v) is 3.52. The number of carbonyl (C=O) groups excluding carboxylic acids is 1. The third-order valence-electron chi connectivity index (χ3n) is 3.28. The van der Waals surface area contributed by atoms with E-state index in [1.807, 2.05) is 0 Å². The lowest BCUT2D eigenvalue weighted by molar-refractivity contribution is -0.0424. The lowest BCUT2D eigenvalue weighted by Crippen LogP contribution is -2.29. The number of hydrogen-bond donors (Lipinski definition) is 0. The van der Waals surface area contributed by atoms with Crippen LogP contribution in [0.3, 0.4) is 0 Å². The second-order valence-corrected chi connectivity index (χ2v) is 5.06. The Labute approximate surface area is 108 Å². The van der Waals surface area contributed by atoms with Gasteiger partial charge in [0.1, 0.15) is 5.82 Å². The zero-order valence-electron chi connectivity index (χ0n) is 9.56.